The molecular formula is C21H21Cl2N5O. The van der Waals surface area contributed by atoms with Crippen molar-refractivity contribution in [2.45, 2.75) is 19.4 Å². The fourth-order valence-electron chi connectivity index (χ4n) is 3.48. The molecule has 0 aliphatic carbocycles. The Balaban J connectivity index is 1.34. The second kappa shape index (κ2) is 8.84. The van der Waals surface area contributed by atoms with Crippen molar-refractivity contribution >= 4 is 40.7 Å². The second-order valence-corrected chi connectivity index (χ2v) is 7.96. The smallest absolute Gasteiger partial charge is 0.228 e. The van der Waals surface area contributed by atoms with Crippen LogP contribution in [0.5, 0.6) is 0 Å². The Kier molecular flexibility index (Phi) is 6.02. The molecule has 1 aliphatic heterocycles. The Labute approximate surface area is 179 Å². The number of anilines is 2. The first kappa shape index (κ1) is 19.7. The zero-order chi connectivity index (χ0) is 20.2. The Morgan fingerprint density at radius 2 is 1.76 bits per heavy atom. The summed E-state index contributed by atoms with van der Waals surface area (Å²) in [6.07, 6.45) is 4.90. The standard InChI is InChI=1S/C21H21Cl2N5O/c22-17-3-1-15(2-4-17)14-28-20(7-10-25-28)26-21(29)16-8-11-27(12-9-16)19-6-5-18(23)13-24-19/h1-7,10,13,16H,8-9,11-12,14H2,(H,26,29). The lowest BCUT2D eigenvalue weighted by atomic mass is 9.96. The van der Waals surface area contributed by atoms with Gasteiger partial charge in [-0.3, -0.25) is 4.79 Å². The SMILES string of the molecule is O=C(Nc1ccnn1Cc1ccc(Cl)cc1)C1CCN(c2ccc(Cl)cn2)CC1. The van der Waals surface area contributed by atoms with Crippen molar-refractivity contribution in [2.75, 3.05) is 23.3 Å². The molecule has 150 valence electrons. The van der Waals surface area contributed by atoms with E-state index in [0.717, 1.165) is 37.3 Å². The van der Waals surface area contributed by atoms with Crippen LogP contribution < -0.4 is 10.2 Å². The van der Waals surface area contributed by atoms with Crippen LogP contribution in [0.2, 0.25) is 10.0 Å². The second-order valence-electron chi connectivity index (χ2n) is 7.09. The molecule has 0 atom stereocenters. The zero-order valence-electron chi connectivity index (χ0n) is 15.8. The van der Waals surface area contributed by atoms with Gasteiger partial charge in [0, 0.05) is 36.3 Å². The van der Waals surface area contributed by atoms with E-state index in [1.165, 1.54) is 0 Å². The lowest BCUT2D eigenvalue weighted by Gasteiger charge is -2.32. The number of hydrogen-bond donors (Lipinski definition) is 1. The molecule has 1 amide bonds. The molecule has 1 aliphatic rings. The highest BCUT2D eigenvalue weighted by Gasteiger charge is 2.26. The maximum absolute atomic E-state index is 12.8. The van der Waals surface area contributed by atoms with Crippen molar-refractivity contribution in [1.29, 1.82) is 0 Å². The van der Waals surface area contributed by atoms with Gasteiger partial charge in [0.1, 0.15) is 11.6 Å². The number of aromatic nitrogens is 3. The molecule has 0 bridgehead atoms. The number of halogens is 2. The molecule has 1 saturated heterocycles. The summed E-state index contributed by atoms with van der Waals surface area (Å²) < 4.78 is 1.79. The molecule has 0 saturated carbocycles. The highest BCUT2D eigenvalue weighted by molar-refractivity contribution is 6.30. The topological polar surface area (TPSA) is 63.1 Å². The maximum atomic E-state index is 12.8. The van der Waals surface area contributed by atoms with E-state index in [2.05, 4.69) is 20.3 Å². The van der Waals surface area contributed by atoms with Gasteiger partial charge in [0.15, 0.2) is 0 Å². The van der Waals surface area contributed by atoms with Gasteiger partial charge in [-0.05, 0) is 42.7 Å². The molecule has 0 unspecified atom stereocenters. The Morgan fingerprint density at radius 3 is 2.45 bits per heavy atom. The fraction of sp³-hybridized carbons (Fsp3) is 0.286. The number of carbonyl (C=O) groups excluding carboxylic acids is 1. The minimum atomic E-state index is -0.0302. The first-order valence-electron chi connectivity index (χ1n) is 9.52. The summed E-state index contributed by atoms with van der Waals surface area (Å²) in [4.78, 5) is 19.3. The molecule has 0 spiro atoms. The molecule has 3 aromatic rings. The Bertz CT molecular complexity index is 963. The van der Waals surface area contributed by atoms with Gasteiger partial charge in [-0.1, -0.05) is 35.3 Å². The van der Waals surface area contributed by atoms with Crippen molar-refractivity contribution in [3.05, 3.63) is 70.5 Å². The van der Waals surface area contributed by atoms with Crippen LogP contribution in [0, 0.1) is 5.92 Å². The van der Waals surface area contributed by atoms with Gasteiger partial charge in [0.25, 0.3) is 0 Å². The summed E-state index contributed by atoms with van der Waals surface area (Å²) in [5.74, 6) is 1.60. The highest BCUT2D eigenvalue weighted by atomic mass is 35.5. The third kappa shape index (κ3) is 4.89. The van der Waals surface area contributed by atoms with Gasteiger partial charge in [-0.25, -0.2) is 9.67 Å². The summed E-state index contributed by atoms with van der Waals surface area (Å²) in [7, 11) is 0. The quantitative estimate of drug-likeness (QED) is 0.648. The third-order valence-corrected chi connectivity index (χ3v) is 5.59. The van der Waals surface area contributed by atoms with Crippen molar-refractivity contribution in [1.82, 2.24) is 14.8 Å². The molecule has 0 radical (unpaired) electrons. The number of nitrogens with zero attached hydrogens (tertiary/aromatic N) is 4. The Morgan fingerprint density at radius 1 is 1.03 bits per heavy atom. The van der Waals surface area contributed by atoms with Gasteiger partial charge in [-0.2, -0.15) is 5.10 Å². The van der Waals surface area contributed by atoms with E-state index >= 15 is 0 Å². The number of nitrogens with one attached hydrogen (secondary N) is 1. The normalized spacial score (nSPS) is 14.8. The molecule has 8 heteroatoms. The lowest BCUT2D eigenvalue weighted by molar-refractivity contribution is -0.120. The molecule has 29 heavy (non-hydrogen) atoms. The number of rotatable bonds is 5. The van der Waals surface area contributed by atoms with E-state index < -0.39 is 0 Å². The van der Waals surface area contributed by atoms with Crippen LogP contribution in [0.15, 0.2) is 54.9 Å². The monoisotopic (exact) mass is 429 g/mol. The molecule has 1 fully saturated rings. The third-order valence-electron chi connectivity index (χ3n) is 5.11. The number of benzene rings is 1. The first-order valence-corrected chi connectivity index (χ1v) is 10.3. The Hall–Kier alpha value is -2.57. The number of carbonyl (C=O) groups is 1. The van der Waals surface area contributed by atoms with Crippen molar-refractivity contribution < 1.29 is 4.79 Å². The largest absolute Gasteiger partial charge is 0.357 e. The summed E-state index contributed by atoms with van der Waals surface area (Å²) in [5.41, 5.74) is 1.07. The molecule has 4 rings (SSSR count). The van der Waals surface area contributed by atoms with E-state index in [0.29, 0.717) is 22.4 Å². The van der Waals surface area contributed by atoms with Gasteiger partial charge < -0.3 is 10.2 Å². The average Bonchev–Trinajstić information content (AvgIpc) is 3.17. The van der Waals surface area contributed by atoms with Crippen LogP contribution in [0.1, 0.15) is 18.4 Å². The molecule has 1 aromatic carbocycles. The molecule has 2 aromatic heterocycles. The van der Waals surface area contributed by atoms with Crippen LogP contribution >= 0.6 is 23.2 Å². The van der Waals surface area contributed by atoms with Gasteiger partial charge in [-0.15, -0.1) is 0 Å². The summed E-state index contributed by atoms with van der Waals surface area (Å²) in [5, 5.41) is 8.69. The van der Waals surface area contributed by atoms with Crippen LogP contribution in [0.4, 0.5) is 11.6 Å². The fourth-order valence-corrected chi connectivity index (χ4v) is 3.72. The number of hydrogen-bond acceptors (Lipinski definition) is 4. The van der Waals surface area contributed by atoms with Crippen molar-refractivity contribution in [3.63, 3.8) is 0 Å². The summed E-state index contributed by atoms with van der Waals surface area (Å²) in [6.45, 7) is 2.15. The predicted octanol–water partition coefficient (Wildman–Crippen LogP) is 4.49. The minimum absolute atomic E-state index is 0.0302. The maximum Gasteiger partial charge on any atom is 0.228 e. The first-order chi connectivity index (χ1) is 14.1. The summed E-state index contributed by atoms with van der Waals surface area (Å²) in [6, 6.07) is 13.2. The predicted molar refractivity (Wildman–Crippen MR) is 116 cm³/mol. The van der Waals surface area contributed by atoms with E-state index in [1.54, 1.807) is 17.1 Å². The number of pyridine rings is 1. The van der Waals surface area contributed by atoms with E-state index in [-0.39, 0.29) is 11.8 Å². The van der Waals surface area contributed by atoms with Gasteiger partial charge in [0.05, 0.1) is 17.8 Å². The number of amides is 1. The van der Waals surface area contributed by atoms with E-state index in [1.807, 2.05) is 42.5 Å². The van der Waals surface area contributed by atoms with E-state index in [4.69, 9.17) is 23.2 Å². The van der Waals surface area contributed by atoms with Crippen LogP contribution in [-0.2, 0) is 11.3 Å². The van der Waals surface area contributed by atoms with Crippen molar-refractivity contribution in [2.24, 2.45) is 5.92 Å². The van der Waals surface area contributed by atoms with Crippen LogP contribution in [0.3, 0.4) is 0 Å². The van der Waals surface area contributed by atoms with Crippen LogP contribution in [-0.4, -0.2) is 33.8 Å². The van der Waals surface area contributed by atoms with E-state index in [9.17, 15) is 4.79 Å². The van der Waals surface area contributed by atoms with Crippen molar-refractivity contribution in [3.8, 4) is 0 Å². The van der Waals surface area contributed by atoms with Gasteiger partial charge >= 0.3 is 0 Å². The molecule has 6 nitrogen and oxygen atoms in total. The minimum Gasteiger partial charge on any atom is -0.357 e. The average molecular weight is 430 g/mol. The number of piperidine rings is 1. The lowest BCUT2D eigenvalue weighted by Crippen LogP contribution is -2.38. The zero-order valence-corrected chi connectivity index (χ0v) is 17.3. The highest BCUT2D eigenvalue weighted by Crippen LogP contribution is 2.24. The molecule has 1 N–H and O–H groups in total. The van der Waals surface area contributed by atoms with Gasteiger partial charge in [0.2, 0.25) is 5.91 Å². The summed E-state index contributed by atoms with van der Waals surface area (Å²) >= 11 is 11.9. The van der Waals surface area contributed by atoms with Crippen LogP contribution in [0.25, 0.3) is 0 Å². The molecular weight excluding hydrogens is 409 g/mol. The molecule has 3 heterocycles.